The summed E-state index contributed by atoms with van der Waals surface area (Å²) in [5.41, 5.74) is 4.09. The molecule has 20 heteroatoms. The average Bonchev–Trinajstić information content (AvgIpc) is 3.73. The zero-order valence-corrected chi connectivity index (χ0v) is 40.9. The van der Waals surface area contributed by atoms with Crippen LogP contribution in [0.3, 0.4) is 0 Å². The second-order valence-electron chi connectivity index (χ2n) is 17.1. The van der Waals surface area contributed by atoms with Gasteiger partial charge < -0.3 is 33.6 Å². The van der Waals surface area contributed by atoms with Gasteiger partial charge in [0.25, 0.3) is 10.1 Å². The molecular formula is C50H51ClFN6O10S2+. The Balaban J connectivity index is 1.04. The van der Waals surface area contributed by atoms with Gasteiger partial charge in [0, 0.05) is 49.1 Å². The lowest BCUT2D eigenvalue weighted by Crippen LogP contribution is -2.58. The van der Waals surface area contributed by atoms with Crippen LogP contribution in [0.25, 0.3) is 43.2 Å². The van der Waals surface area contributed by atoms with Crippen LogP contribution in [-0.2, 0) is 27.9 Å². The largest absolute Gasteiger partial charge is 0.505 e. The quantitative estimate of drug-likeness (QED) is 0.0485. The van der Waals surface area contributed by atoms with Crippen molar-refractivity contribution in [2.45, 2.75) is 32.5 Å². The number of nitrogens with zero attached hydrogens (tertiary/aromatic N) is 6. The molecule has 7 aromatic rings. The number of thiophene rings is 1. The number of hydrogen-bond acceptors (Lipinski definition) is 14. The molecule has 0 bridgehead atoms. The van der Waals surface area contributed by atoms with Crippen LogP contribution in [0.1, 0.15) is 23.2 Å². The number of hydrogen-bond donors (Lipinski definition) is 3. The third kappa shape index (κ3) is 11.7. The Morgan fingerprint density at radius 2 is 1.71 bits per heavy atom. The standard InChI is InChI=1S/C50H50ClFN6O10S2/c1-31-35(14-16-41(45(31)51)66-25-21-57-19-23-58(2,24-20-57)22-8-26-70(62,63)64)43-44-48(54-30-55-49(44)69-46(43)33-13-15-37(52)38(59)27-33)68-42(50(60)61)28-32-9-4-6-11-39(32)67-29-34-17-18-53-47(56-34)36-10-5-7-12-40(36)65-3/h4-7,9-18,27,30,42H,8,19-26,28-29H2,1-3H3,(H2-,59,60,61,62,63,64)/p+1. The van der Waals surface area contributed by atoms with Crippen LogP contribution in [0.5, 0.6) is 28.9 Å². The monoisotopic (exact) mass is 1010 g/mol. The van der Waals surface area contributed by atoms with Crippen LogP contribution in [0.4, 0.5) is 4.39 Å². The van der Waals surface area contributed by atoms with Crippen molar-refractivity contribution in [3.63, 3.8) is 0 Å². The number of carbonyl (C=O) groups is 1. The number of aliphatic carboxylic acids is 1. The van der Waals surface area contributed by atoms with Crippen molar-refractivity contribution >= 4 is 49.2 Å². The van der Waals surface area contributed by atoms with Gasteiger partial charge >= 0.3 is 5.97 Å². The molecule has 366 valence electrons. The van der Waals surface area contributed by atoms with E-state index < -0.39 is 33.8 Å². The predicted molar refractivity (Wildman–Crippen MR) is 264 cm³/mol. The van der Waals surface area contributed by atoms with Gasteiger partial charge in [-0.05, 0) is 71.6 Å². The van der Waals surface area contributed by atoms with Crippen LogP contribution in [0, 0.1) is 12.7 Å². The molecule has 1 atom stereocenters. The number of quaternary nitrogens is 1. The average molecular weight is 1010 g/mol. The van der Waals surface area contributed by atoms with Crippen molar-refractivity contribution < 1.29 is 55.8 Å². The van der Waals surface area contributed by atoms with Crippen LogP contribution < -0.4 is 18.9 Å². The maximum Gasteiger partial charge on any atom is 0.345 e. The van der Waals surface area contributed by atoms with Crippen molar-refractivity contribution in [1.29, 1.82) is 0 Å². The van der Waals surface area contributed by atoms with Crippen molar-refractivity contribution in [3.05, 3.63) is 125 Å². The molecule has 3 N–H and O–H groups in total. The van der Waals surface area contributed by atoms with Gasteiger partial charge in [-0.1, -0.05) is 54.1 Å². The highest BCUT2D eigenvalue weighted by molar-refractivity contribution is 7.85. The molecule has 0 radical (unpaired) electrons. The molecule has 1 unspecified atom stereocenters. The number of para-hydroxylation sites is 2. The zero-order chi connectivity index (χ0) is 49.6. The lowest BCUT2D eigenvalue weighted by atomic mass is 9.95. The molecule has 1 aliphatic rings. The van der Waals surface area contributed by atoms with E-state index in [9.17, 15) is 27.8 Å². The number of benzene rings is 4. The maximum atomic E-state index is 14.4. The molecule has 0 spiro atoms. The number of phenolic OH excluding ortho intramolecular Hbond substituents is 1. The molecule has 4 heterocycles. The number of aromatic hydroxyl groups is 1. The van der Waals surface area contributed by atoms with E-state index in [0.717, 1.165) is 37.8 Å². The number of methoxy groups -OCH3 is 1. The summed E-state index contributed by atoms with van der Waals surface area (Å²) in [4.78, 5) is 34.5. The lowest BCUT2D eigenvalue weighted by Gasteiger charge is -2.42. The number of fused-ring (bicyclic) bond motifs is 1. The first-order valence-electron chi connectivity index (χ1n) is 22.3. The first-order chi connectivity index (χ1) is 33.6. The van der Waals surface area contributed by atoms with Crippen molar-refractivity contribution in [2.75, 3.05) is 65.8 Å². The third-order valence-corrected chi connectivity index (χ3v) is 14.7. The molecular weight excluding hydrogens is 963 g/mol. The first kappa shape index (κ1) is 49.9. The second kappa shape index (κ2) is 21.7. The Kier molecular flexibility index (Phi) is 15.4. The lowest BCUT2D eigenvalue weighted by molar-refractivity contribution is -0.913. The van der Waals surface area contributed by atoms with Gasteiger partial charge in [-0.3, -0.25) is 9.45 Å². The number of rotatable bonds is 20. The van der Waals surface area contributed by atoms with E-state index in [1.807, 2.05) is 37.3 Å². The number of likely N-dealkylation sites (N-methyl/N-ethyl adjacent to an activating group) is 1. The Labute approximate surface area is 413 Å². The second-order valence-corrected chi connectivity index (χ2v) is 20.1. The smallest absolute Gasteiger partial charge is 0.345 e. The number of aromatic nitrogens is 4. The Bertz CT molecular complexity index is 3130. The van der Waals surface area contributed by atoms with E-state index in [-0.39, 0.29) is 24.7 Å². The summed E-state index contributed by atoms with van der Waals surface area (Å²) in [5.74, 6) is -0.926. The molecule has 16 nitrogen and oxygen atoms in total. The minimum absolute atomic E-state index is 0.0185. The number of carboxylic acids is 1. The van der Waals surface area contributed by atoms with Gasteiger partial charge in [0.05, 0.1) is 61.2 Å². The number of ether oxygens (including phenoxy) is 4. The SMILES string of the molecule is COc1ccccc1-c1nccc(COc2ccccc2CC(Oc2ncnc3sc(-c4ccc(F)c(O)c4)c(-c4ccc(OCCN5CC[N+](C)(CCCS(=O)(=O)O)CC5)c(Cl)c4C)c23)C(=O)O)n1. The van der Waals surface area contributed by atoms with Gasteiger partial charge in [0.15, 0.2) is 17.4 Å². The number of carboxylic acid groups (broad SMARTS) is 1. The fourth-order valence-corrected chi connectivity index (χ4v) is 10.3. The van der Waals surface area contributed by atoms with Gasteiger partial charge in [0.2, 0.25) is 12.0 Å². The number of piperazine rings is 1. The minimum Gasteiger partial charge on any atom is -0.505 e. The highest BCUT2D eigenvalue weighted by Gasteiger charge is 2.31. The summed E-state index contributed by atoms with van der Waals surface area (Å²) in [7, 11) is -0.325. The van der Waals surface area contributed by atoms with Gasteiger partial charge in [-0.15, -0.1) is 11.3 Å². The van der Waals surface area contributed by atoms with Gasteiger partial charge in [0.1, 0.15) is 41.6 Å². The molecule has 70 heavy (non-hydrogen) atoms. The molecule has 8 rings (SSSR count). The summed E-state index contributed by atoms with van der Waals surface area (Å²) >= 11 is 8.32. The van der Waals surface area contributed by atoms with Crippen molar-refractivity contribution in [1.82, 2.24) is 24.8 Å². The molecule has 0 amide bonds. The van der Waals surface area contributed by atoms with Crippen molar-refractivity contribution in [3.8, 4) is 61.8 Å². The van der Waals surface area contributed by atoms with Crippen LogP contribution in [0.2, 0.25) is 5.02 Å². The zero-order valence-electron chi connectivity index (χ0n) is 38.5. The summed E-state index contributed by atoms with van der Waals surface area (Å²) in [6.07, 6.45) is 1.73. The topological polar surface area (TPSA) is 204 Å². The summed E-state index contributed by atoms with van der Waals surface area (Å²) in [6, 6.07) is 23.8. The number of halogens is 2. The van der Waals surface area contributed by atoms with E-state index in [4.69, 9.17) is 35.1 Å². The highest BCUT2D eigenvalue weighted by Crippen LogP contribution is 2.50. The van der Waals surface area contributed by atoms with E-state index in [0.29, 0.717) is 107 Å². The van der Waals surface area contributed by atoms with Gasteiger partial charge in [-0.2, -0.15) is 8.42 Å². The van der Waals surface area contributed by atoms with Crippen molar-refractivity contribution in [2.24, 2.45) is 0 Å². The molecule has 1 fully saturated rings. The van der Waals surface area contributed by atoms with Gasteiger partial charge in [-0.25, -0.2) is 29.1 Å². The fourth-order valence-electron chi connectivity index (χ4n) is 8.42. The van der Waals surface area contributed by atoms with Crippen LogP contribution in [-0.4, -0.2) is 130 Å². The first-order valence-corrected chi connectivity index (χ1v) is 25.2. The summed E-state index contributed by atoms with van der Waals surface area (Å²) < 4.78 is 71.1. The normalized spacial score (nSPS) is 14.3. The molecule has 1 aliphatic heterocycles. The van der Waals surface area contributed by atoms with E-state index in [1.165, 1.54) is 29.8 Å². The molecule has 3 aromatic heterocycles. The highest BCUT2D eigenvalue weighted by atomic mass is 35.5. The Morgan fingerprint density at radius 1 is 0.957 bits per heavy atom. The molecule has 0 aliphatic carbocycles. The van der Waals surface area contributed by atoms with Crippen LogP contribution >= 0.6 is 22.9 Å². The van der Waals surface area contributed by atoms with E-state index in [1.54, 1.807) is 49.7 Å². The Morgan fingerprint density at radius 3 is 2.46 bits per heavy atom. The molecule has 4 aromatic carbocycles. The molecule has 0 saturated carbocycles. The van der Waals surface area contributed by atoms with E-state index >= 15 is 0 Å². The minimum atomic E-state index is -3.99. The molecule has 1 saturated heterocycles. The Hall–Kier alpha value is -6.48. The fraction of sp³-hybridized carbons (Fsp3) is 0.300. The summed E-state index contributed by atoms with van der Waals surface area (Å²) in [5, 5.41) is 21.9. The predicted octanol–water partition coefficient (Wildman–Crippen LogP) is 8.37. The summed E-state index contributed by atoms with van der Waals surface area (Å²) in [6.45, 7) is 6.73. The van der Waals surface area contributed by atoms with E-state index in [2.05, 4.69) is 31.9 Å². The third-order valence-electron chi connectivity index (χ3n) is 12.3. The van der Waals surface area contributed by atoms with Crippen LogP contribution in [0.15, 0.2) is 97.5 Å². The number of phenols is 1. The maximum absolute atomic E-state index is 14.4.